The molecule has 2 aromatic heterocycles. The third-order valence-corrected chi connectivity index (χ3v) is 9.93. The maximum atomic E-state index is 2.45. The summed E-state index contributed by atoms with van der Waals surface area (Å²) in [5.74, 6) is 0. The average molecular weight is 677 g/mol. The van der Waals surface area contributed by atoms with E-state index in [2.05, 4.69) is 207 Å². The van der Waals surface area contributed by atoms with Crippen molar-refractivity contribution in [3.05, 3.63) is 170 Å². The zero-order valence-electron chi connectivity index (χ0n) is 30.9. The molecule has 0 atom stereocenters. The Hall–Kier alpha value is -5.86. The molecule has 0 N–H and O–H groups in total. The van der Waals surface area contributed by atoms with Gasteiger partial charge in [-0.1, -0.05) is 181 Å². The summed E-state index contributed by atoms with van der Waals surface area (Å²) in [6.45, 7) is 8.72. The van der Waals surface area contributed by atoms with E-state index in [4.69, 9.17) is 0 Å². The normalized spacial score (nSPS) is 11.0. The molecule has 0 fully saturated rings. The van der Waals surface area contributed by atoms with Crippen molar-refractivity contribution in [3.8, 4) is 33.6 Å². The fourth-order valence-electron chi connectivity index (χ4n) is 7.02. The van der Waals surface area contributed by atoms with Crippen molar-refractivity contribution in [1.29, 1.82) is 0 Å². The van der Waals surface area contributed by atoms with Gasteiger partial charge in [-0.25, -0.2) is 0 Å². The molecule has 9 aromatic rings. The molecular weight excluding hydrogens is 629 g/mol. The summed E-state index contributed by atoms with van der Waals surface area (Å²) in [7, 11) is 0. The second-order valence-corrected chi connectivity index (χ2v) is 13.4. The molecule has 0 unspecified atom stereocenters. The Morgan fingerprint density at radius 1 is 0.327 bits per heavy atom. The van der Waals surface area contributed by atoms with Gasteiger partial charge >= 0.3 is 0 Å². The van der Waals surface area contributed by atoms with Crippen molar-refractivity contribution in [2.75, 3.05) is 0 Å². The molecule has 0 aliphatic heterocycles. The van der Waals surface area contributed by atoms with Crippen LogP contribution in [0.5, 0.6) is 0 Å². The van der Waals surface area contributed by atoms with Gasteiger partial charge in [0.25, 0.3) is 0 Å². The molecule has 0 radical (unpaired) electrons. The van der Waals surface area contributed by atoms with Crippen molar-refractivity contribution in [2.24, 2.45) is 0 Å². The predicted octanol–water partition coefficient (Wildman–Crippen LogP) is 14.8. The van der Waals surface area contributed by atoms with Crippen molar-refractivity contribution >= 4 is 43.6 Å². The molecule has 0 bridgehead atoms. The third-order valence-electron chi connectivity index (χ3n) is 9.93. The number of fused-ring (bicyclic) bond motifs is 7. The molecule has 7 aromatic carbocycles. The van der Waals surface area contributed by atoms with Gasteiger partial charge in [0.05, 0.1) is 27.8 Å². The molecular formula is C50H48N2. The standard InChI is InChI=1S/C42H28N2.2C4H10/c1-3-13-29(14-4-1)30-23-25-32(26-24-30)43-37-21-11-8-18-34(37)41-39(43)27-28-40-42(41)35-19-9-12-22-38(35)44(40)36-20-10-7-17-33(36)31-15-5-2-6-16-31;2*1-3-4-2/h1-28H;2*3-4H2,1-2H3. The highest BCUT2D eigenvalue weighted by atomic mass is 15.0. The first-order valence-corrected chi connectivity index (χ1v) is 19.0. The topological polar surface area (TPSA) is 9.86 Å². The summed E-state index contributed by atoms with van der Waals surface area (Å²) in [6.07, 6.45) is 5.28. The van der Waals surface area contributed by atoms with Gasteiger partial charge in [-0.15, -0.1) is 0 Å². The van der Waals surface area contributed by atoms with Crippen LogP contribution in [0.3, 0.4) is 0 Å². The number of unbranched alkanes of at least 4 members (excludes halogenated alkanes) is 2. The van der Waals surface area contributed by atoms with Gasteiger partial charge in [-0.3, -0.25) is 0 Å². The van der Waals surface area contributed by atoms with Gasteiger partial charge in [0, 0.05) is 32.8 Å². The van der Waals surface area contributed by atoms with Crippen LogP contribution in [0.2, 0.25) is 0 Å². The minimum Gasteiger partial charge on any atom is -0.309 e. The molecule has 0 saturated heterocycles. The summed E-state index contributed by atoms with van der Waals surface area (Å²) in [6, 6.07) is 61.3. The van der Waals surface area contributed by atoms with Crippen molar-refractivity contribution in [2.45, 2.75) is 53.4 Å². The van der Waals surface area contributed by atoms with Gasteiger partial charge in [-0.05, 0) is 59.2 Å². The van der Waals surface area contributed by atoms with E-state index in [1.165, 1.54) is 97.2 Å². The van der Waals surface area contributed by atoms with E-state index in [-0.39, 0.29) is 0 Å². The summed E-state index contributed by atoms with van der Waals surface area (Å²) >= 11 is 0. The average Bonchev–Trinajstić information content (AvgIpc) is 3.74. The van der Waals surface area contributed by atoms with Crippen LogP contribution in [0, 0.1) is 0 Å². The first kappa shape index (κ1) is 34.6. The number of rotatable bonds is 6. The summed E-state index contributed by atoms with van der Waals surface area (Å²) in [5.41, 5.74) is 12.1. The molecule has 2 heterocycles. The largest absolute Gasteiger partial charge is 0.309 e. The monoisotopic (exact) mass is 676 g/mol. The van der Waals surface area contributed by atoms with Crippen LogP contribution in [0.1, 0.15) is 53.4 Å². The Bertz CT molecular complexity index is 2530. The molecule has 0 aliphatic rings. The maximum absolute atomic E-state index is 2.45. The lowest BCUT2D eigenvalue weighted by Gasteiger charge is -2.14. The molecule has 0 spiro atoms. The summed E-state index contributed by atoms with van der Waals surface area (Å²) in [4.78, 5) is 0. The summed E-state index contributed by atoms with van der Waals surface area (Å²) in [5, 5.41) is 5.10. The van der Waals surface area contributed by atoms with Crippen LogP contribution in [-0.2, 0) is 0 Å². The molecule has 258 valence electrons. The van der Waals surface area contributed by atoms with E-state index in [1.54, 1.807) is 0 Å². The first-order chi connectivity index (χ1) is 25.7. The SMILES string of the molecule is CCCC.CCCC.c1ccc(-c2ccc(-n3c4ccccc4c4c5c6ccccc6n(-c6ccccc6-c6ccccc6)c5ccc43)cc2)cc1. The fraction of sp³-hybridized carbons (Fsp3) is 0.160. The molecule has 0 saturated carbocycles. The van der Waals surface area contributed by atoms with E-state index >= 15 is 0 Å². The van der Waals surface area contributed by atoms with Gasteiger partial charge in [0.2, 0.25) is 0 Å². The van der Waals surface area contributed by atoms with E-state index in [0.717, 1.165) is 5.69 Å². The Kier molecular flexibility index (Phi) is 10.6. The van der Waals surface area contributed by atoms with Crippen molar-refractivity contribution < 1.29 is 0 Å². The third kappa shape index (κ3) is 6.53. The molecule has 0 amide bonds. The highest BCUT2D eigenvalue weighted by Gasteiger charge is 2.21. The predicted molar refractivity (Wildman–Crippen MR) is 227 cm³/mol. The maximum Gasteiger partial charge on any atom is 0.0549 e. The van der Waals surface area contributed by atoms with Crippen molar-refractivity contribution in [1.82, 2.24) is 9.13 Å². The first-order valence-electron chi connectivity index (χ1n) is 19.0. The number of aromatic nitrogens is 2. The Morgan fingerprint density at radius 2 is 0.750 bits per heavy atom. The zero-order valence-corrected chi connectivity index (χ0v) is 30.9. The molecule has 0 aliphatic carbocycles. The second kappa shape index (κ2) is 16.0. The van der Waals surface area contributed by atoms with E-state index < -0.39 is 0 Å². The van der Waals surface area contributed by atoms with Gasteiger partial charge in [-0.2, -0.15) is 0 Å². The Balaban J connectivity index is 0.000000480. The summed E-state index contributed by atoms with van der Waals surface area (Å²) < 4.78 is 4.87. The van der Waals surface area contributed by atoms with Crippen LogP contribution in [-0.4, -0.2) is 9.13 Å². The van der Waals surface area contributed by atoms with Crippen LogP contribution < -0.4 is 0 Å². The molecule has 2 heteroatoms. The molecule has 2 nitrogen and oxygen atoms in total. The Morgan fingerprint density at radius 3 is 1.31 bits per heavy atom. The minimum atomic E-state index is 1.16. The number of hydrogen-bond acceptors (Lipinski definition) is 0. The molecule has 9 rings (SSSR count). The lowest BCUT2D eigenvalue weighted by Crippen LogP contribution is -1.97. The quantitative estimate of drug-likeness (QED) is 0.166. The highest BCUT2D eigenvalue weighted by molar-refractivity contribution is 6.29. The highest BCUT2D eigenvalue weighted by Crippen LogP contribution is 2.43. The molecule has 52 heavy (non-hydrogen) atoms. The van der Waals surface area contributed by atoms with Crippen molar-refractivity contribution in [3.63, 3.8) is 0 Å². The van der Waals surface area contributed by atoms with Gasteiger partial charge < -0.3 is 9.13 Å². The number of hydrogen-bond donors (Lipinski definition) is 0. The van der Waals surface area contributed by atoms with Gasteiger partial charge in [0.1, 0.15) is 0 Å². The smallest absolute Gasteiger partial charge is 0.0549 e. The Labute approximate surface area is 308 Å². The zero-order chi connectivity index (χ0) is 35.9. The lowest BCUT2D eigenvalue weighted by atomic mass is 10.0. The minimum absolute atomic E-state index is 1.16. The van der Waals surface area contributed by atoms with Gasteiger partial charge in [0.15, 0.2) is 0 Å². The van der Waals surface area contributed by atoms with Crippen LogP contribution in [0.4, 0.5) is 0 Å². The second-order valence-electron chi connectivity index (χ2n) is 13.4. The lowest BCUT2D eigenvalue weighted by molar-refractivity contribution is 0.886. The van der Waals surface area contributed by atoms with Crippen LogP contribution >= 0.6 is 0 Å². The number of nitrogens with zero attached hydrogens (tertiary/aromatic N) is 2. The van der Waals surface area contributed by atoms with Crippen LogP contribution in [0.25, 0.3) is 77.2 Å². The number of para-hydroxylation sites is 3. The fourth-order valence-corrected chi connectivity index (χ4v) is 7.02. The number of benzene rings is 7. The van der Waals surface area contributed by atoms with Crippen LogP contribution in [0.15, 0.2) is 170 Å². The van der Waals surface area contributed by atoms with E-state index in [0.29, 0.717) is 0 Å². The van der Waals surface area contributed by atoms with E-state index in [9.17, 15) is 0 Å². The van der Waals surface area contributed by atoms with E-state index in [1.807, 2.05) is 0 Å².